The molecule has 1 heterocycles. The van der Waals surface area contributed by atoms with Gasteiger partial charge in [-0.15, -0.1) is 0 Å². The highest BCUT2D eigenvalue weighted by Crippen LogP contribution is 2.35. The molecule has 1 aliphatic rings. The number of nitro groups is 2. The zero-order valence-electron chi connectivity index (χ0n) is 10.4. The van der Waals surface area contributed by atoms with E-state index in [1.54, 1.807) is 0 Å². The summed E-state index contributed by atoms with van der Waals surface area (Å²) in [6, 6.07) is 5.63. The molecule has 0 N–H and O–H groups in total. The van der Waals surface area contributed by atoms with Crippen LogP contribution in [0.2, 0.25) is 0 Å². The Morgan fingerprint density at radius 2 is 2.10 bits per heavy atom. The quantitative estimate of drug-likeness (QED) is 0.613. The molecule has 1 unspecified atom stereocenters. The molecule has 1 aliphatic heterocycles. The van der Waals surface area contributed by atoms with E-state index in [4.69, 9.17) is 4.74 Å². The van der Waals surface area contributed by atoms with Crippen molar-refractivity contribution in [2.45, 2.75) is 12.8 Å². The first-order valence-electron chi connectivity index (χ1n) is 5.88. The predicted molar refractivity (Wildman–Crippen MR) is 66.9 cm³/mol. The van der Waals surface area contributed by atoms with Gasteiger partial charge in [-0.05, 0) is 12.5 Å². The van der Waals surface area contributed by atoms with Gasteiger partial charge >= 0.3 is 0 Å². The van der Waals surface area contributed by atoms with E-state index in [1.807, 2.05) is 0 Å². The molecule has 0 amide bonds. The summed E-state index contributed by atoms with van der Waals surface area (Å²) in [6.45, 7) is 0.659. The largest absolute Gasteiger partial charge is 0.380 e. The molecule has 8 heteroatoms. The molecule has 2 rings (SSSR count). The Labute approximate surface area is 113 Å². The van der Waals surface area contributed by atoms with Crippen LogP contribution in [0.5, 0.6) is 0 Å². The van der Waals surface area contributed by atoms with Crippen LogP contribution in [0.15, 0.2) is 18.2 Å². The maximum Gasteiger partial charge on any atom is 0.279 e. The Morgan fingerprint density at radius 1 is 1.35 bits per heavy atom. The summed E-state index contributed by atoms with van der Waals surface area (Å²) in [5, 5.41) is 30.9. The number of hydrogen-bond acceptors (Lipinski definition) is 6. The van der Waals surface area contributed by atoms with Crippen molar-refractivity contribution in [2.75, 3.05) is 13.2 Å². The monoisotopic (exact) mass is 277 g/mol. The number of rotatable bonds is 4. The molecule has 0 saturated carbocycles. The lowest BCUT2D eigenvalue weighted by Crippen LogP contribution is -2.22. The fourth-order valence-electron chi connectivity index (χ4n) is 2.22. The first-order valence-corrected chi connectivity index (χ1v) is 5.88. The minimum atomic E-state index is -0.791. The average molecular weight is 277 g/mol. The molecule has 1 aromatic carbocycles. The van der Waals surface area contributed by atoms with Gasteiger partial charge in [-0.1, -0.05) is 0 Å². The normalized spacial score (nSPS) is 21.4. The smallest absolute Gasteiger partial charge is 0.279 e. The Hall–Kier alpha value is -2.53. The van der Waals surface area contributed by atoms with Crippen LogP contribution in [0.1, 0.15) is 12.0 Å². The molecular formula is C12H11N3O5. The van der Waals surface area contributed by atoms with Crippen LogP contribution >= 0.6 is 0 Å². The van der Waals surface area contributed by atoms with Crippen LogP contribution in [-0.4, -0.2) is 23.1 Å². The number of hydrogen-bond donors (Lipinski definition) is 0. The van der Waals surface area contributed by atoms with Gasteiger partial charge in [-0.25, -0.2) is 0 Å². The number of ether oxygens (including phenoxy) is 1. The molecule has 0 aliphatic carbocycles. The van der Waals surface area contributed by atoms with Gasteiger partial charge in [0.2, 0.25) is 0 Å². The Bertz CT molecular complexity index is 602. The first kappa shape index (κ1) is 13.9. The van der Waals surface area contributed by atoms with Crippen molar-refractivity contribution in [1.29, 1.82) is 5.26 Å². The molecule has 20 heavy (non-hydrogen) atoms. The molecule has 1 saturated heterocycles. The highest BCUT2D eigenvalue weighted by molar-refractivity contribution is 5.49. The maximum atomic E-state index is 11.0. The van der Waals surface area contributed by atoms with Crippen molar-refractivity contribution in [3.8, 4) is 6.07 Å². The fourth-order valence-corrected chi connectivity index (χ4v) is 2.22. The fraction of sp³-hybridized carbons (Fsp3) is 0.417. The zero-order chi connectivity index (χ0) is 14.8. The number of nitrogens with zero attached hydrogens (tertiary/aromatic N) is 3. The minimum absolute atomic E-state index is 0.151. The highest BCUT2D eigenvalue weighted by Gasteiger charge is 2.37. The van der Waals surface area contributed by atoms with Crippen molar-refractivity contribution in [2.24, 2.45) is 5.41 Å². The summed E-state index contributed by atoms with van der Waals surface area (Å²) in [5.41, 5.74) is -1.15. The predicted octanol–water partition coefficient (Wildman–Crippen LogP) is 1.98. The van der Waals surface area contributed by atoms with E-state index >= 15 is 0 Å². The van der Waals surface area contributed by atoms with Gasteiger partial charge < -0.3 is 4.74 Å². The van der Waals surface area contributed by atoms with E-state index < -0.39 is 15.3 Å². The third-order valence-corrected chi connectivity index (χ3v) is 3.35. The second kappa shape index (κ2) is 5.22. The molecule has 104 valence electrons. The molecule has 1 fully saturated rings. The molecule has 0 radical (unpaired) electrons. The van der Waals surface area contributed by atoms with Crippen molar-refractivity contribution >= 4 is 11.4 Å². The van der Waals surface area contributed by atoms with Gasteiger partial charge in [0.1, 0.15) is 0 Å². The molecule has 0 aromatic heterocycles. The maximum absolute atomic E-state index is 11.0. The van der Waals surface area contributed by atoms with Crippen molar-refractivity contribution in [3.63, 3.8) is 0 Å². The van der Waals surface area contributed by atoms with E-state index in [1.165, 1.54) is 12.1 Å². The third kappa shape index (κ3) is 2.57. The summed E-state index contributed by atoms with van der Waals surface area (Å²) in [6.07, 6.45) is 0.648. The minimum Gasteiger partial charge on any atom is -0.380 e. The molecule has 0 spiro atoms. The number of nitriles is 1. The Kier molecular flexibility index (Phi) is 3.63. The molecule has 0 bridgehead atoms. The SMILES string of the molecule is N#CC1(Cc2ccc([N+](=O)[O-])cc2[N+](=O)[O-])CCOC1. The van der Waals surface area contributed by atoms with Crippen LogP contribution in [0.25, 0.3) is 0 Å². The number of nitro benzene ring substituents is 2. The van der Waals surface area contributed by atoms with Gasteiger partial charge in [-0.2, -0.15) is 5.26 Å². The van der Waals surface area contributed by atoms with Crippen molar-refractivity contribution in [3.05, 3.63) is 44.0 Å². The van der Waals surface area contributed by atoms with Gasteiger partial charge in [0.05, 0.1) is 34.0 Å². The highest BCUT2D eigenvalue weighted by atomic mass is 16.6. The van der Waals surface area contributed by atoms with E-state index in [2.05, 4.69) is 6.07 Å². The summed E-state index contributed by atoms with van der Waals surface area (Å²) < 4.78 is 5.19. The summed E-state index contributed by atoms with van der Waals surface area (Å²) in [4.78, 5) is 20.3. The van der Waals surface area contributed by atoms with Crippen LogP contribution in [0.4, 0.5) is 11.4 Å². The topological polar surface area (TPSA) is 119 Å². The van der Waals surface area contributed by atoms with E-state index in [9.17, 15) is 25.5 Å². The second-order valence-corrected chi connectivity index (χ2v) is 4.70. The Morgan fingerprint density at radius 3 is 2.60 bits per heavy atom. The first-order chi connectivity index (χ1) is 9.47. The molecule has 1 aromatic rings. The van der Waals surface area contributed by atoms with Gasteiger partial charge in [0.25, 0.3) is 11.4 Å². The second-order valence-electron chi connectivity index (χ2n) is 4.70. The third-order valence-electron chi connectivity index (χ3n) is 3.35. The Balaban J connectivity index is 2.39. The summed E-state index contributed by atoms with van der Waals surface area (Å²) in [7, 11) is 0. The van der Waals surface area contributed by atoms with Gasteiger partial charge in [0.15, 0.2) is 0 Å². The molecule has 1 atom stereocenters. The standard InChI is InChI=1S/C12H11N3O5/c13-7-12(3-4-20-8-12)6-9-1-2-10(14(16)17)5-11(9)15(18)19/h1-2,5H,3-4,6,8H2. The lowest BCUT2D eigenvalue weighted by Gasteiger charge is -2.17. The van der Waals surface area contributed by atoms with Gasteiger partial charge in [0, 0.05) is 24.7 Å². The van der Waals surface area contributed by atoms with Crippen LogP contribution < -0.4 is 0 Å². The van der Waals surface area contributed by atoms with Crippen molar-refractivity contribution < 1.29 is 14.6 Å². The van der Waals surface area contributed by atoms with Crippen LogP contribution in [-0.2, 0) is 11.2 Å². The summed E-state index contributed by atoms with van der Waals surface area (Å²) in [5.74, 6) is 0. The van der Waals surface area contributed by atoms with E-state index in [0.717, 1.165) is 6.07 Å². The van der Waals surface area contributed by atoms with E-state index in [-0.39, 0.29) is 24.4 Å². The number of benzene rings is 1. The number of non-ortho nitro benzene ring substituents is 1. The lowest BCUT2D eigenvalue weighted by atomic mass is 9.82. The van der Waals surface area contributed by atoms with Gasteiger partial charge in [-0.3, -0.25) is 20.2 Å². The molecule has 8 nitrogen and oxygen atoms in total. The summed E-state index contributed by atoms with van der Waals surface area (Å²) >= 11 is 0. The van der Waals surface area contributed by atoms with Crippen molar-refractivity contribution in [1.82, 2.24) is 0 Å². The van der Waals surface area contributed by atoms with E-state index in [0.29, 0.717) is 18.6 Å². The van der Waals surface area contributed by atoms with Crippen LogP contribution in [0, 0.1) is 37.0 Å². The average Bonchev–Trinajstić information content (AvgIpc) is 2.88. The van der Waals surface area contributed by atoms with Crippen LogP contribution in [0.3, 0.4) is 0 Å². The zero-order valence-corrected chi connectivity index (χ0v) is 10.4. The lowest BCUT2D eigenvalue weighted by molar-refractivity contribution is -0.394. The molecular weight excluding hydrogens is 266 g/mol.